The van der Waals surface area contributed by atoms with E-state index < -0.39 is 11.5 Å². The minimum atomic E-state index is -0.757. The Morgan fingerprint density at radius 2 is 1.88 bits per heavy atom. The molecule has 0 unspecified atom stereocenters. The van der Waals surface area contributed by atoms with Gasteiger partial charge in [-0.3, -0.25) is 9.59 Å². The Morgan fingerprint density at radius 3 is 2.46 bits per heavy atom. The molecule has 24 heavy (non-hydrogen) atoms. The molecule has 1 aliphatic rings. The number of hydrogen-bond acceptors (Lipinski definition) is 4. The Kier molecular flexibility index (Phi) is 6.38. The third-order valence-corrected chi connectivity index (χ3v) is 5.05. The lowest BCUT2D eigenvalue weighted by molar-refractivity contribution is -0.153. The molecule has 1 amide bonds. The number of hydrogen-bond donors (Lipinski definition) is 0. The molecule has 0 aliphatic heterocycles. The standard InChI is InChI=1S/C18H21BrN2O3/c1-21(18(13-20)9-3-2-4-10-18)16(22)12-24-17(23)11-14-5-7-15(19)8-6-14/h5-8H,2-4,9-12H2,1H3. The largest absolute Gasteiger partial charge is 0.455 e. The molecule has 128 valence electrons. The number of ether oxygens (including phenoxy) is 1. The number of amides is 1. The van der Waals surface area contributed by atoms with Gasteiger partial charge >= 0.3 is 5.97 Å². The van der Waals surface area contributed by atoms with Crippen molar-refractivity contribution in [3.63, 3.8) is 0 Å². The highest BCUT2D eigenvalue weighted by Crippen LogP contribution is 2.32. The predicted octanol–water partition coefficient (Wildman–Crippen LogP) is 3.22. The summed E-state index contributed by atoms with van der Waals surface area (Å²) in [7, 11) is 1.62. The zero-order valence-electron chi connectivity index (χ0n) is 13.8. The molecule has 0 aromatic heterocycles. The lowest BCUT2D eigenvalue weighted by atomic mass is 9.81. The number of carbonyl (C=O) groups is 2. The first-order valence-corrected chi connectivity index (χ1v) is 8.84. The number of carbonyl (C=O) groups excluding carboxylic acids is 2. The van der Waals surface area contributed by atoms with Gasteiger partial charge in [0.1, 0.15) is 5.54 Å². The smallest absolute Gasteiger partial charge is 0.310 e. The van der Waals surface area contributed by atoms with Crippen molar-refractivity contribution >= 4 is 27.8 Å². The summed E-state index contributed by atoms with van der Waals surface area (Å²) in [4.78, 5) is 25.6. The van der Waals surface area contributed by atoms with Gasteiger partial charge in [-0.2, -0.15) is 5.26 Å². The second-order valence-electron chi connectivity index (χ2n) is 6.12. The molecule has 1 aliphatic carbocycles. The molecule has 6 heteroatoms. The molecular weight excluding hydrogens is 372 g/mol. The van der Waals surface area contributed by atoms with Crippen LogP contribution in [0.1, 0.15) is 37.7 Å². The second kappa shape index (κ2) is 8.29. The van der Waals surface area contributed by atoms with E-state index in [1.165, 1.54) is 4.90 Å². The molecule has 1 fully saturated rings. The summed E-state index contributed by atoms with van der Waals surface area (Å²) < 4.78 is 6.02. The minimum Gasteiger partial charge on any atom is -0.455 e. The molecule has 0 N–H and O–H groups in total. The molecule has 2 rings (SSSR count). The van der Waals surface area contributed by atoms with Gasteiger partial charge in [-0.25, -0.2) is 0 Å². The van der Waals surface area contributed by atoms with Gasteiger partial charge in [0.05, 0.1) is 12.5 Å². The summed E-state index contributed by atoms with van der Waals surface area (Å²) in [6, 6.07) is 9.64. The molecular formula is C18H21BrN2O3. The summed E-state index contributed by atoms with van der Waals surface area (Å²) in [5, 5.41) is 9.50. The van der Waals surface area contributed by atoms with Gasteiger partial charge in [0.2, 0.25) is 0 Å². The van der Waals surface area contributed by atoms with E-state index in [-0.39, 0.29) is 18.9 Å². The van der Waals surface area contributed by atoms with E-state index in [1.54, 1.807) is 7.05 Å². The number of nitrogens with zero attached hydrogens (tertiary/aromatic N) is 2. The lowest BCUT2D eigenvalue weighted by Crippen LogP contribution is -2.51. The van der Waals surface area contributed by atoms with E-state index in [0.29, 0.717) is 12.8 Å². The average Bonchev–Trinajstić information content (AvgIpc) is 2.61. The van der Waals surface area contributed by atoms with Crippen LogP contribution < -0.4 is 0 Å². The number of rotatable bonds is 5. The number of esters is 1. The van der Waals surface area contributed by atoms with Crippen LogP contribution in [0.2, 0.25) is 0 Å². The first kappa shape index (κ1) is 18.5. The molecule has 0 spiro atoms. The molecule has 1 aromatic carbocycles. The third kappa shape index (κ3) is 4.57. The van der Waals surface area contributed by atoms with E-state index in [9.17, 15) is 14.9 Å². The molecule has 1 saturated carbocycles. The summed E-state index contributed by atoms with van der Waals surface area (Å²) in [5.74, 6) is -0.781. The average molecular weight is 393 g/mol. The van der Waals surface area contributed by atoms with Crippen molar-refractivity contribution in [2.24, 2.45) is 0 Å². The Balaban J connectivity index is 1.86. The number of benzene rings is 1. The fraction of sp³-hybridized carbons (Fsp3) is 0.500. The van der Waals surface area contributed by atoms with Crippen molar-refractivity contribution in [3.8, 4) is 6.07 Å². The van der Waals surface area contributed by atoms with Crippen LogP contribution in [0.3, 0.4) is 0 Å². The fourth-order valence-corrected chi connectivity index (χ4v) is 3.22. The van der Waals surface area contributed by atoms with Crippen LogP contribution in [-0.4, -0.2) is 36.0 Å². The van der Waals surface area contributed by atoms with E-state index in [2.05, 4.69) is 22.0 Å². The van der Waals surface area contributed by atoms with Crippen LogP contribution in [-0.2, 0) is 20.7 Å². The third-order valence-electron chi connectivity index (χ3n) is 4.52. The van der Waals surface area contributed by atoms with Crippen LogP contribution in [0.5, 0.6) is 0 Å². The quantitative estimate of drug-likeness (QED) is 0.721. The monoisotopic (exact) mass is 392 g/mol. The SMILES string of the molecule is CN(C(=O)COC(=O)Cc1ccc(Br)cc1)C1(C#N)CCCCC1. The minimum absolute atomic E-state index is 0.119. The Bertz CT molecular complexity index is 631. The van der Waals surface area contributed by atoms with Gasteiger partial charge in [-0.1, -0.05) is 47.3 Å². The molecule has 0 atom stereocenters. The predicted molar refractivity (Wildman–Crippen MR) is 93.0 cm³/mol. The van der Waals surface area contributed by atoms with Crippen molar-refractivity contribution in [1.82, 2.24) is 4.90 Å². The molecule has 0 radical (unpaired) electrons. The van der Waals surface area contributed by atoms with E-state index in [0.717, 1.165) is 29.3 Å². The zero-order chi connectivity index (χ0) is 17.6. The summed E-state index contributed by atoms with van der Waals surface area (Å²) in [5.41, 5.74) is 0.0674. The van der Waals surface area contributed by atoms with Crippen molar-refractivity contribution in [2.75, 3.05) is 13.7 Å². The Labute approximate surface area is 150 Å². The Morgan fingerprint density at radius 1 is 1.25 bits per heavy atom. The first-order chi connectivity index (χ1) is 11.5. The number of likely N-dealkylation sites (N-methyl/N-ethyl adjacent to an activating group) is 1. The lowest BCUT2D eigenvalue weighted by Gasteiger charge is -2.38. The van der Waals surface area contributed by atoms with Crippen LogP contribution in [0.15, 0.2) is 28.7 Å². The molecule has 0 bridgehead atoms. The summed E-state index contributed by atoms with van der Waals surface area (Å²) >= 11 is 3.33. The van der Waals surface area contributed by atoms with Gasteiger partial charge in [-0.05, 0) is 30.5 Å². The molecule has 0 saturated heterocycles. The number of nitriles is 1. The topological polar surface area (TPSA) is 70.4 Å². The number of halogens is 1. The molecule has 0 heterocycles. The maximum Gasteiger partial charge on any atom is 0.310 e. The van der Waals surface area contributed by atoms with E-state index in [1.807, 2.05) is 24.3 Å². The Hall–Kier alpha value is -1.87. The highest BCUT2D eigenvalue weighted by atomic mass is 79.9. The van der Waals surface area contributed by atoms with Gasteiger partial charge in [0.15, 0.2) is 6.61 Å². The first-order valence-electron chi connectivity index (χ1n) is 8.05. The van der Waals surface area contributed by atoms with Gasteiger partial charge in [0, 0.05) is 11.5 Å². The van der Waals surface area contributed by atoms with Crippen LogP contribution in [0.4, 0.5) is 0 Å². The van der Waals surface area contributed by atoms with Crippen LogP contribution in [0.25, 0.3) is 0 Å². The summed E-state index contributed by atoms with van der Waals surface area (Å²) in [6.45, 7) is -0.324. The highest BCUT2D eigenvalue weighted by Gasteiger charge is 2.38. The van der Waals surface area contributed by atoms with Crippen LogP contribution >= 0.6 is 15.9 Å². The van der Waals surface area contributed by atoms with Crippen molar-refractivity contribution < 1.29 is 14.3 Å². The fourth-order valence-electron chi connectivity index (χ4n) is 2.96. The summed E-state index contributed by atoms with van der Waals surface area (Å²) in [6.07, 6.45) is 4.45. The van der Waals surface area contributed by atoms with E-state index in [4.69, 9.17) is 4.74 Å². The maximum atomic E-state index is 12.3. The second-order valence-corrected chi connectivity index (χ2v) is 7.04. The normalized spacial score (nSPS) is 16.0. The van der Waals surface area contributed by atoms with Gasteiger partial charge in [0.25, 0.3) is 5.91 Å². The van der Waals surface area contributed by atoms with Crippen molar-refractivity contribution in [3.05, 3.63) is 34.3 Å². The van der Waals surface area contributed by atoms with Crippen LogP contribution in [0, 0.1) is 11.3 Å². The van der Waals surface area contributed by atoms with Gasteiger partial charge < -0.3 is 9.64 Å². The molecule has 5 nitrogen and oxygen atoms in total. The molecule has 1 aromatic rings. The zero-order valence-corrected chi connectivity index (χ0v) is 15.3. The van der Waals surface area contributed by atoms with E-state index >= 15 is 0 Å². The van der Waals surface area contributed by atoms with Crippen molar-refractivity contribution in [1.29, 1.82) is 5.26 Å². The van der Waals surface area contributed by atoms with Gasteiger partial charge in [-0.15, -0.1) is 0 Å². The van der Waals surface area contributed by atoms with Crippen molar-refractivity contribution in [2.45, 2.75) is 44.1 Å². The highest BCUT2D eigenvalue weighted by molar-refractivity contribution is 9.10. The maximum absolute atomic E-state index is 12.3.